The van der Waals surface area contributed by atoms with Crippen molar-refractivity contribution in [1.29, 1.82) is 0 Å². The summed E-state index contributed by atoms with van der Waals surface area (Å²) in [4.78, 5) is 19.6. The lowest BCUT2D eigenvalue weighted by Crippen LogP contribution is -2.17. The first-order chi connectivity index (χ1) is 17.6. The summed E-state index contributed by atoms with van der Waals surface area (Å²) in [6, 6.07) is 29.1. The zero-order valence-corrected chi connectivity index (χ0v) is 19.7. The Morgan fingerprint density at radius 3 is 2.31 bits per heavy atom. The van der Waals surface area contributed by atoms with Crippen LogP contribution in [0.2, 0.25) is 0 Å². The molecular weight excluding hydrogens is 452 g/mol. The second-order valence-corrected chi connectivity index (χ2v) is 8.43. The minimum absolute atomic E-state index is 0.231. The Kier molecular flexibility index (Phi) is 6.48. The molecule has 2 aromatic heterocycles. The summed E-state index contributed by atoms with van der Waals surface area (Å²) in [7, 11) is 2.01. The molecular formula is C28H24N6O2. The van der Waals surface area contributed by atoms with Crippen LogP contribution in [0.15, 0.2) is 97.2 Å². The molecule has 5 rings (SSSR count). The molecule has 0 unspecified atom stereocenters. The molecule has 36 heavy (non-hydrogen) atoms. The Balaban J connectivity index is 1.24. The maximum absolute atomic E-state index is 11.4. The van der Waals surface area contributed by atoms with Gasteiger partial charge < -0.3 is 10.0 Å². The van der Waals surface area contributed by atoms with Crippen LogP contribution >= 0.6 is 0 Å². The van der Waals surface area contributed by atoms with Gasteiger partial charge in [0.15, 0.2) is 0 Å². The van der Waals surface area contributed by atoms with E-state index in [9.17, 15) is 9.90 Å². The lowest BCUT2D eigenvalue weighted by Gasteiger charge is -2.18. The highest BCUT2D eigenvalue weighted by atomic mass is 16.4. The van der Waals surface area contributed by atoms with Gasteiger partial charge in [-0.15, -0.1) is 10.2 Å². The number of benzene rings is 3. The van der Waals surface area contributed by atoms with Gasteiger partial charge in [-0.1, -0.05) is 72.8 Å². The van der Waals surface area contributed by atoms with Crippen molar-refractivity contribution in [3.8, 4) is 22.5 Å². The SMILES string of the molecule is CN(Cc1ccc(-c2nnn(Cc3ccccc3C(=O)O)n2)cc1)c1ccc(-c2ccccc2)cn1. The second-order valence-electron chi connectivity index (χ2n) is 8.43. The molecule has 0 atom stereocenters. The third kappa shape index (κ3) is 5.12. The fourth-order valence-corrected chi connectivity index (χ4v) is 3.97. The van der Waals surface area contributed by atoms with Crippen LogP contribution in [0.4, 0.5) is 5.82 Å². The van der Waals surface area contributed by atoms with Crippen molar-refractivity contribution in [2.75, 3.05) is 11.9 Å². The normalized spacial score (nSPS) is 10.8. The van der Waals surface area contributed by atoms with E-state index in [0.717, 1.165) is 28.1 Å². The summed E-state index contributed by atoms with van der Waals surface area (Å²) in [6.45, 7) is 0.929. The second kappa shape index (κ2) is 10.2. The van der Waals surface area contributed by atoms with E-state index in [4.69, 9.17) is 0 Å². The van der Waals surface area contributed by atoms with E-state index in [1.807, 2.05) is 61.8 Å². The predicted octanol–water partition coefficient (Wildman–Crippen LogP) is 4.79. The third-order valence-corrected chi connectivity index (χ3v) is 5.89. The molecule has 0 saturated carbocycles. The highest BCUT2D eigenvalue weighted by Crippen LogP contribution is 2.22. The molecule has 0 saturated heterocycles. The minimum atomic E-state index is -0.978. The molecule has 0 radical (unpaired) electrons. The molecule has 0 fully saturated rings. The van der Waals surface area contributed by atoms with Crippen LogP contribution < -0.4 is 4.90 Å². The van der Waals surface area contributed by atoms with Crippen molar-refractivity contribution in [2.45, 2.75) is 13.1 Å². The van der Waals surface area contributed by atoms with Crippen LogP contribution in [0.3, 0.4) is 0 Å². The number of rotatable bonds is 8. The summed E-state index contributed by atoms with van der Waals surface area (Å²) in [5, 5.41) is 22.0. The van der Waals surface area contributed by atoms with Gasteiger partial charge in [-0.2, -0.15) is 4.80 Å². The van der Waals surface area contributed by atoms with Gasteiger partial charge in [-0.3, -0.25) is 0 Å². The maximum Gasteiger partial charge on any atom is 0.336 e. The average Bonchev–Trinajstić information content (AvgIpc) is 3.38. The summed E-state index contributed by atoms with van der Waals surface area (Å²) in [6.07, 6.45) is 1.90. The number of hydrogen-bond acceptors (Lipinski definition) is 6. The van der Waals surface area contributed by atoms with Crippen LogP contribution in [0.1, 0.15) is 21.5 Å². The summed E-state index contributed by atoms with van der Waals surface area (Å²) in [5.41, 5.74) is 5.05. The summed E-state index contributed by atoms with van der Waals surface area (Å²) >= 11 is 0. The zero-order chi connectivity index (χ0) is 24.9. The van der Waals surface area contributed by atoms with Gasteiger partial charge in [-0.05, 0) is 40.1 Å². The third-order valence-electron chi connectivity index (χ3n) is 5.89. The molecule has 0 spiro atoms. The highest BCUT2D eigenvalue weighted by Gasteiger charge is 2.12. The van der Waals surface area contributed by atoms with Crippen LogP contribution in [0.5, 0.6) is 0 Å². The van der Waals surface area contributed by atoms with E-state index in [2.05, 4.69) is 43.5 Å². The molecule has 0 aliphatic heterocycles. The fourth-order valence-electron chi connectivity index (χ4n) is 3.97. The van der Waals surface area contributed by atoms with Crippen LogP contribution in [0, 0.1) is 0 Å². The number of aromatic carboxylic acids is 1. The maximum atomic E-state index is 11.4. The smallest absolute Gasteiger partial charge is 0.336 e. The van der Waals surface area contributed by atoms with Gasteiger partial charge in [0.2, 0.25) is 5.82 Å². The number of hydrogen-bond donors (Lipinski definition) is 1. The average molecular weight is 477 g/mol. The summed E-state index contributed by atoms with van der Waals surface area (Å²) in [5.74, 6) is 0.403. The van der Waals surface area contributed by atoms with Crippen LogP contribution in [-0.2, 0) is 13.1 Å². The number of anilines is 1. The Hall–Kier alpha value is -4.85. The molecule has 0 aliphatic carbocycles. The number of nitrogens with zero attached hydrogens (tertiary/aromatic N) is 6. The molecule has 8 nitrogen and oxygen atoms in total. The van der Waals surface area contributed by atoms with E-state index >= 15 is 0 Å². The van der Waals surface area contributed by atoms with Gasteiger partial charge in [0.1, 0.15) is 5.82 Å². The quantitative estimate of drug-likeness (QED) is 0.344. The molecule has 5 aromatic rings. The first-order valence-electron chi connectivity index (χ1n) is 11.5. The van der Waals surface area contributed by atoms with E-state index in [1.165, 1.54) is 4.80 Å². The van der Waals surface area contributed by atoms with E-state index < -0.39 is 5.97 Å². The first kappa shape index (κ1) is 22.9. The van der Waals surface area contributed by atoms with E-state index in [-0.39, 0.29) is 12.1 Å². The summed E-state index contributed by atoms with van der Waals surface area (Å²) < 4.78 is 0. The molecule has 8 heteroatoms. The standard InChI is InChI=1S/C28H24N6O2/c1-33(26-16-15-23(17-29-26)21-7-3-2-4-8-21)18-20-11-13-22(14-12-20)27-30-32-34(31-27)19-24-9-5-6-10-25(24)28(35)36/h2-17H,18-19H2,1H3,(H,35,36). The molecule has 178 valence electrons. The lowest BCUT2D eigenvalue weighted by molar-refractivity contribution is 0.0695. The number of aromatic nitrogens is 5. The predicted molar refractivity (Wildman–Crippen MR) is 138 cm³/mol. The molecule has 0 aliphatic rings. The van der Waals surface area contributed by atoms with Crippen molar-refractivity contribution in [3.63, 3.8) is 0 Å². The number of pyridine rings is 1. The molecule has 3 aromatic carbocycles. The van der Waals surface area contributed by atoms with Crippen molar-refractivity contribution >= 4 is 11.8 Å². The topological polar surface area (TPSA) is 97.0 Å². The van der Waals surface area contributed by atoms with Crippen molar-refractivity contribution in [2.24, 2.45) is 0 Å². The molecule has 0 bridgehead atoms. The Morgan fingerprint density at radius 1 is 0.861 bits per heavy atom. The number of carboxylic acids is 1. The Labute approximate surface area is 208 Å². The first-order valence-corrected chi connectivity index (χ1v) is 11.5. The van der Waals surface area contributed by atoms with Gasteiger partial charge in [0.25, 0.3) is 0 Å². The van der Waals surface area contributed by atoms with Crippen molar-refractivity contribution in [1.82, 2.24) is 25.2 Å². The largest absolute Gasteiger partial charge is 0.478 e. The number of carbonyl (C=O) groups is 1. The molecule has 1 N–H and O–H groups in total. The van der Waals surface area contributed by atoms with E-state index in [1.54, 1.807) is 24.3 Å². The van der Waals surface area contributed by atoms with Crippen LogP contribution in [0.25, 0.3) is 22.5 Å². The van der Waals surface area contributed by atoms with Gasteiger partial charge >= 0.3 is 5.97 Å². The van der Waals surface area contributed by atoms with Gasteiger partial charge in [-0.25, -0.2) is 9.78 Å². The van der Waals surface area contributed by atoms with Crippen molar-refractivity contribution in [3.05, 3.63) is 114 Å². The van der Waals surface area contributed by atoms with Gasteiger partial charge in [0, 0.05) is 30.9 Å². The van der Waals surface area contributed by atoms with Crippen molar-refractivity contribution < 1.29 is 9.90 Å². The lowest BCUT2D eigenvalue weighted by atomic mass is 10.1. The van der Waals surface area contributed by atoms with Gasteiger partial charge in [0.05, 0.1) is 12.1 Å². The highest BCUT2D eigenvalue weighted by molar-refractivity contribution is 5.89. The number of carboxylic acid groups (broad SMARTS) is 1. The molecule has 0 amide bonds. The molecule has 2 heterocycles. The monoisotopic (exact) mass is 476 g/mol. The number of tetrazole rings is 1. The zero-order valence-electron chi connectivity index (χ0n) is 19.7. The Bertz CT molecular complexity index is 1460. The fraction of sp³-hybridized carbons (Fsp3) is 0.107. The Morgan fingerprint density at radius 2 is 1.58 bits per heavy atom. The minimum Gasteiger partial charge on any atom is -0.478 e. The van der Waals surface area contributed by atoms with Crippen LogP contribution in [-0.4, -0.2) is 43.3 Å². The van der Waals surface area contributed by atoms with E-state index in [0.29, 0.717) is 17.9 Å².